The monoisotopic (exact) mass is 325 g/mol. The molecule has 0 atom stereocenters. The van der Waals surface area contributed by atoms with Crippen molar-refractivity contribution >= 4 is 5.91 Å². The summed E-state index contributed by atoms with van der Waals surface area (Å²) in [5, 5.41) is 7.63. The highest BCUT2D eigenvalue weighted by Gasteiger charge is 2.29. The molecule has 0 saturated heterocycles. The molecule has 126 valence electrons. The second-order valence-electron chi connectivity index (χ2n) is 6.69. The lowest BCUT2D eigenvalue weighted by atomic mass is 10.1. The number of rotatable bonds is 6. The molecule has 4 rings (SSSR count). The molecule has 1 aliphatic heterocycles. The van der Waals surface area contributed by atoms with Gasteiger partial charge in [-0.1, -0.05) is 30.3 Å². The minimum absolute atomic E-state index is 0.0813. The van der Waals surface area contributed by atoms with Crippen LogP contribution in [-0.4, -0.2) is 28.8 Å². The maximum atomic E-state index is 12.6. The Morgan fingerprint density at radius 1 is 1.29 bits per heavy atom. The number of hydrogen-bond donors (Lipinski definition) is 1. The molecule has 1 saturated carbocycles. The lowest BCUT2D eigenvalue weighted by Crippen LogP contribution is -2.27. The highest BCUT2D eigenvalue weighted by atomic mass is 16.5. The molecule has 0 spiro atoms. The molecule has 2 aliphatic rings. The van der Waals surface area contributed by atoms with Gasteiger partial charge in [-0.3, -0.25) is 9.48 Å². The number of amides is 1. The van der Waals surface area contributed by atoms with Gasteiger partial charge in [-0.15, -0.1) is 0 Å². The van der Waals surface area contributed by atoms with Crippen molar-refractivity contribution in [3.05, 3.63) is 52.8 Å². The van der Waals surface area contributed by atoms with E-state index in [4.69, 9.17) is 4.74 Å². The first-order valence-corrected chi connectivity index (χ1v) is 8.79. The third-order valence-electron chi connectivity index (χ3n) is 4.78. The second-order valence-corrected chi connectivity index (χ2v) is 6.69. The molecule has 1 aliphatic carbocycles. The molecule has 2 aromatic rings. The number of carbonyl (C=O) groups excluding carboxylic acids is 1. The molecule has 1 fully saturated rings. The minimum Gasteiger partial charge on any atom is -0.376 e. The third-order valence-corrected chi connectivity index (χ3v) is 4.78. The van der Waals surface area contributed by atoms with E-state index in [-0.39, 0.29) is 5.91 Å². The van der Waals surface area contributed by atoms with Crippen molar-refractivity contribution in [1.82, 2.24) is 15.1 Å². The van der Waals surface area contributed by atoms with Gasteiger partial charge < -0.3 is 10.1 Å². The highest BCUT2D eigenvalue weighted by Crippen LogP contribution is 2.32. The molecule has 1 aromatic heterocycles. The third kappa shape index (κ3) is 3.36. The van der Waals surface area contributed by atoms with Crippen LogP contribution in [0.5, 0.6) is 0 Å². The molecular weight excluding hydrogens is 302 g/mol. The Bertz CT molecular complexity index is 720. The number of nitrogens with zero attached hydrogens (tertiary/aromatic N) is 2. The fourth-order valence-electron chi connectivity index (χ4n) is 3.24. The number of benzene rings is 1. The SMILES string of the molecule is O=C(NCCc1ccccc1)c1nn(CC2CC2)c2c1COCC2. The van der Waals surface area contributed by atoms with E-state index in [0.717, 1.165) is 37.5 Å². The summed E-state index contributed by atoms with van der Waals surface area (Å²) < 4.78 is 7.62. The summed E-state index contributed by atoms with van der Waals surface area (Å²) in [5.41, 5.74) is 3.96. The summed E-state index contributed by atoms with van der Waals surface area (Å²) in [4.78, 5) is 12.6. The maximum absolute atomic E-state index is 12.6. The number of hydrogen-bond acceptors (Lipinski definition) is 3. The van der Waals surface area contributed by atoms with E-state index in [9.17, 15) is 4.79 Å². The number of carbonyl (C=O) groups is 1. The van der Waals surface area contributed by atoms with E-state index in [2.05, 4.69) is 27.2 Å². The van der Waals surface area contributed by atoms with Gasteiger partial charge >= 0.3 is 0 Å². The first kappa shape index (κ1) is 15.4. The van der Waals surface area contributed by atoms with E-state index >= 15 is 0 Å². The van der Waals surface area contributed by atoms with Gasteiger partial charge in [-0.25, -0.2) is 0 Å². The van der Waals surface area contributed by atoms with Gasteiger partial charge in [0.15, 0.2) is 5.69 Å². The van der Waals surface area contributed by atoms with Crippen LogP contribution < -0.4 is 5.32 Å². The van der Waals surface area contributed by atoms with Gasteiger partial charge in [0.2, 0.25) is 0 Å². The zero-order valence-electron chi connectivity index (χ0n) is 13.8. The van der Waals surface area contributed by atoms with E-state index in [1.807, 2.05) is 18.2 Å². The zero-order chi connectivity index (χ0) is 16.4. The summed E-state index contributed by atoms with van der Waals surface area (Å²) in [6.07, 6.45) is 4.24. The van der Waals surface area contributed by atoms with Gasteiger partial charge in [0.05, 0.1) is 13.2 Å². The first-order valence-electron chi connectivity index (χ1n) is 8.79. The Balaban J connectivity index is 1.44. The van der Waals surface area contributed by atoms with Crippen LogP contribution in [0.3, 0.4) is 0 Å². The van der Waals surface area contributed by atoms with Gasteiger partial charge in [0.25, 0.3) is 5.91 Å². The minimum atomic E-state index is -0.0813. The van der Waals surface area contributed by atoms with E-state index in [1.165, 1.54) is 24.1 Å². The molecular formula is C19H23N3O2. The standard InChI is InChI=1S/C19H23N3O2/c23-19(20-10-8-14-4-2-1-3-5-14)18-16-13-24-11-9-17(16)22(21-18)12-15-6-7-15/h1-5,15H,6-13H2,(H,20,23). The molecule has 1 amide bonds. The summed E-state index contributed by atoms with van der Waals surface area (Å²) >= 11 is 0. The Labute approximate surface area is 142 Å². The summed E-state index contributed by atoms with van der Waals surface area (Å²) in [6.45, 7) is 2.79. The number of ether oxygens (including phenoxy) is 1. The van der Waals surface area contributed by atoms with E-state index < -0.39 is 0 Å². The Hall–Kier alpha value is -2.14. The zero-order valence-corrected chi connectivity index (χ0v) is 13.8. The average Bonchev–Trinajstić information content (AvgIpc) is 3.36. The first-order chi connectivity index (χ1) is 11.8. The Morgan fingerprint density at radius 3 is 2.92 bits per heavy atom. The van der Waals surface area contributed by atoms with Gasteiger partial charge in [0.1, 0.15) is 0 Å². The molecule has 5 nitrogen and oxygen atoms in total. The molecule has 1 N–H and O–H groups in total. The van der Waals surface area contributed by atoms with Crippen LogP contribution in [0, 0.1) is 5.92 Å². The predicted molar refractivity (Wildman–Crippen MR) is 90.8 cm³/mol. The lowest BCUT2D eigenvalue weighted by Gasteiger charge is -2.15. The van der Waals surface area contributed by atoms with Crippen LogP contribution in [0.2, 0.25) is 0 Å². The fraction of sp³-hybridized carbons (Fsp3) is 0.474. The summed E-state index contributed by atoms with van der Waals surface area (Å²) in [7, 11) is 0. The normalized spacial score (nSPS) is 16.7. The number of aromatic nitrogens is 2. The Morgan fingerprint density at radius 2 is 2.12 bits per heavy atom. The van der Waals surface area contributed by atoms with Gasteiger partial charge in [-0.2, -0.15) is 5.10 Å². The average molecular weight is 325 g/mol. The predicted octanol–water partition coefficient (Wildman–Crippen LogP) is 2.34. The van der Waals surface area contributed by atoms with Crippen LogP contribution in [0.25, 0.3) is 0 Å². The van der Waals surface area contributed by atoms with Crippen molar-refractivity contribution < 1.29 is 9.53 Å². The van der Waals surface area contributed by atoms with Crippen molar-refractivity contribution in [2.45, 2.75) is 38.8 Å². The molecule has 0 unspecified atom stereocenters. The van der Waals surface area contributed by atoms with Crippen LogP contribution in [0.4, 0.5) is 0 Å². The molecule has 1 aromatic carbocycles. The van der Waals surface area contributed by atoms with E-state index in [0.29, 0.717) is 18.8 Å². The maximum Gasteiger partial charge on any atom is 0.272 e. The van der Waals surface area contributed by atoms with Crippen LogP contribution in [0.15, 0.2) is 30.3 Å². The highest BCUT2D eigenvalue weighted by molar-refractivity contribution is 5.94. The molecule has 5 heteroatoms. The lowest BCUT2D eigenvalue weighted by molar-refractivity contribution is 0.0925. The summed E-state index contributed by atoms with van der Waals surface area (Å²) in [6, 6.07) is 10.2. The van der Waals surface area contributed by atoms with Crippen molar-refractivity contribution in [3.63, 3.8) is 0 Å². The van der Waals surface area contributed by atoms with Crippen LogP contribution in [0.1, 0.15) is 40.2 Å². The molecule has 2 heterocycles. The topological polar surface area (TPSA) is 56.2 Å². The fourth-order valence-corrected chi connectivity index (χ4v) is 3.24. The van der Waals surface area contributed by atoms with Gasteiger partial charge in [0, 0.05) is 30.8 Å². The molecule has 24 heavy (non-hydrogen) atoms. The van der Waals surface area contributed by atoms with Crippen LogP contribution >= 0.6 is 0 Å². The van der Waals surface area contributed by atoms with Gasteiger partial charge in [-0.05, 0) is 30.7 Å². The van der Waals surface area contributed by atoms with Crippen molar-refractivity contribution in [3.8, 4) is 0 Å². The van der Waals surface area contributed by atoms with Crippen molar-refractivity contribution in [2.24, 2.45) is 5.92 Å². The quantitative estimate of drug-likeness (QED) is 0.887. The second kappa shape index (κ2) is 6.77. The van der Waals surface area contributed by atoms with Crippen LogP contribution in [-0.2, 0) is 30.7 Å². The molecule has 0 bridgehead atoms. The van der Waals surface area contributed by atoms with Crippen molar-refractivity contribution in [2.75, 3.05) is 13.2 Å². The van der Waals surface area contributed by atoms with E-state index in [1.54, 1.807) is 0 Å². The van der Waals surface area contributed by atoms with Crippen molar-refractivity contribution in [1.29, 1.82) is 0 Å². The Kier molecular flexibility index (Phi) is 4.34. The number of fused-ring (bicyclic) bond motifs is 1. The number of nitrogens with one attached hydrogen (secondary N) is 1. The largest absolute Gasteiger partial charge is 0.376 e. The molecule has 0 radical (unpaired) electrons. The summed E-state index contributed by atoms with van der Waals surface area (Å²) in [5.74, 6) is 0.660. The smallest absolute Gasteiger partial charge is 0.272 e.